The third-order valence-corrected chi connectivity index (χ3v) is 5.58. The van der Waals surface area contributed by atoms with Crippen LogP contribution in [-0.2, 0) is 0 Å². The lowest BCUT2D eigenvalue weighted by atomic mass is 9.73. The number of rotatable bonds is 7. The van der Waals surface area contributed by atoms with Gasteiger partial charge < -0.3 is 0 Å². The van der Waals surface area contributed by atoms with E-state index in [-0.39, 0.29) is 0 Å². The summed E-state index contributed by atoms with van der Waals surface area (Å²) in [4.78, 5) is 2.66. The SMILES string of the molecule is CCCN(CCC)CC1=C(c2ccc(I)cc2)CCC(C)(C)C1. The molecule has 0 heterocycles. The molecule has 23 heavy (non-hydrogen) atoms. The van der Waals surface area contributed by atoms with Crippen molar-refractivity contribution in [3.05, 3.63) is 39.0 Å². The van der Waals surface area contributed by atoms with Crippen molar-refractivity contribution in [3.8, 4) is 0 Å². The third kappa shape index (κ3) is 5.60. The van der Waals surface area contributed by atoms with Crippen molar-refractivity contribution in [1.82, 2.24) is 4.90 Å². The van der Waals surface area contributed by atoms with Crippen LogP contribution in [0.3, 0.4) is 0 Å². The first-order valence-corrected chi connectivity index (χ1v) is 10.2. The van der Waals surface area contributed by atoms with Crippen molar-refractivity contribution < 1.29 is 0 Å². The van der Waals surface area contributed by atoms with Crippen molar-refractivity contribution in [1.29, 1.82) is 0 Å². The summed E-state index contributed by atoms with van der Waals surface area (Å²) >= 11 is 2.40. The van der Waals surface area contributed by atoms with Crippen LogP contribution in [-0.4, -0.2) is 24.5 Å². The van der Waals surface area contributed by atoms with Crippen molar-refractivity contribution in [2.24, 2.45) is 5.41 Å². The molecule has 1 aliphatic rings. The van der Waals surface area contributed by atoms with Gasteiger partial charge in [-0.05, 0) is 96.5 Å². The average Bonchev–Trinajstić information content (AvgIpc) is 2.48. The van der Waals surface area contributed by atoms with Gasteiger partial charge in [0, 0.05) is 10.1 Å². The van der Waals surface area contributed by atoms with Crippen LogP contribution in [0.2, 0.25) is 0 Å². The maximum absolute atomic E-state index is 2.66. The minimum Gasteiger partial charge on any atom is -0.299 e. The molecule has 0 bridgehead atoms. The summed E-state index contributed by atoms with van der Waals surface area (Å²) in [5.74, 6) is 0. The first-order chi connectivity index (χ1) is 10.9. The zero-order valence-electron chi connectivity index (χ0n) is 15.3. The molecule has 0 radical (unpaired) electrons. The second-order valence-electron chi connectivity index (χ2n) is 7.71. The summed E-state index contributed by atoms with van der Waals surface area (Å²) in [6.07, 6.45) is 6.28. The minimum absolute atomic E-state index is 0.451. The van der Waals surface area contributed by atoms with Gasteiger partial charge >= 0.3 is 0 Å². The Morgan fingerprint density at radius 2 is 1.65 bits per heavy atom. The summed E-state index contributed by atoms with van der Waals surface area (Å²) in [5.41, 5.74) is 5.21. The fourth-order valence-corrected chi connectivity index (χ4v) is 4.10. The summed E-state index contributed by atoms with van der Waals surface area (Å²) in [7, 11) is 0. The normalized spacial score (nSPS) is 17.8. The molecule has 0 saturated heterocycles. The van der Waals surface area contributed by atoms with Gasteiger partial charge in [0.05, 0.1) is 0 Å². The number of benzene rings is 1. The van der Waals surface area contributed by atoms with Crippen molar-refractivity contribution in [3.63, 3.8) is 0 Å². The Morgan fingerprint density at radius 3 is 2.22 bits per heavy atom. The van der Waals surface area contributed by atoms with Gasteiger partial charge in [-0.3, -0.25) is 4.90 Å². The number of halogens is 1. The fraction of sp³-hybridized carbons (Fsp3) is 0.619. The Balaban J connectivity index is 2.30. The summed E-state index contributed by atoms with van der Waals surface area (Å²) in [6.45, 7) is 13.1. The van der Waals surface area contributed by atoms with Crippen molar-refractivity contribution >= 4 is 28.2 Å². The number of hydrogen-bond acceptors (Lipinski definition) is 1. The maximum atomic E-state index is 2.66. The smallest absolute Gasteiger partial charge is 0.0199 e. The zero-order chi connectivity index (χ0) is 16.9. The second kappa shape index (κ2) is 8.66. The molecule has 128 valence electrons. The number of allylic oxidation sites excluding steroid dienone is 1. The molecule has 1 aromatic rings. The first kappa shape index (κ1) is 19.0. The van der Waals surface area contributed by atoms with Gasteiger partial charge in [-0.15, -0.1) is 0 Å². The van der Waals surface area contributed by atoms with Gasteiger partial charge in [0.25, 0.3) is 0 Å². The molecule has 0 atom stereocenters. The van der Waals surface area contributed by atoms with E-state index in [0.29, 0.717) is 5.41 Å². The van der Waals surface area contributed by atoms with Gasteiger partial charge in [0.1, 0.15) is 0 Å². The lowest BCUT2D eigenvalue weighted by Gasteiger charge is -2.36. The highest BCUT2D eigenvalue weighted by Gasteiger charge is 2.28. The molecule has 0 fully saturated rings. The lowest BCUT2D eigenvalue weighted by molar-refractivity contribution is 0.267. The Morgan fingerprint density at radius 1 is 1.04 bits per heavy atom. The summed E-state index contributed by atoms with van der Waals surface area (Å²) in [6, 6.07) is 9.13. The van der Waals surface area contributed by atoms with Crippen LogP contribution in [0, 0.1) is 8.99 Å². The van der Waals surface area contributed by atoms with Crippen molar-refractivity contribution in [2.45, 2.75) is 59.8 Å². The molecular weight excluding hydrogens is 393 g/mol. The molecule has 1 aromatic carbocycles. The van der Waals surface area contributed by atoms with Gasteiger partial charge in [0.2, 0.25) is 0 Å². The largest absolute Gasteiger partial charge is 0.299 e. The van der Waals surface area contributed by atoms with E-state index in [0.717, 1.165) is 6.54 Å². The van der Waals surface area contributed by atoms with E-state index in [1.54, 1.807) is 11.1 Å². The van der Waals surface area contributed by atoms with Crippen LogP contribution in [0.25, 0.3) is 5.57 Å². The third-order valence-electron chi connectivity index (χ3n) is 4.86. The van der Waals surface area contributed by atoms with Gasteiger partial charge in [-0.1, -0.05) is 45.4 Å². The Labute approximate surface area is 156 Å². The van der Waals surface area contributed by atoms with E-state index in [4.69, 9.17) is 0 Å². The fourth-order valence-electron chi connectivity index (χ4n) is 3.74. The van der Waals surface area contributed by atoms with Crippen LogP contribution in [0.15, 0.2) is 29.8 Å². The lowest BCUT2D eigenvalue weighted by Crippen LogP contribution is -2.31. The standard InChI is InChI=1S/C21H32IN/c1-5-13-23(14-6-2)16-18-15-21(3,4)12-11-20(18)17-7-9-19(22)10-8-17/h7-10H,5-6,11-16H2,1-4H3. The van der Waals surface area contributed by atoms with Crippen LogP contribution in [0.5, 0.6) is 0 Å². The maximum Gasteiger partial charge on any atom is 0.0199 e. The highest BCUT2D eigenvalue weighted by atomic mass is 127. The van der Waals surface area contributed by atoms with Crippen LogP contribution in [0.4, 0.5) is 0 Å². The molecule has 0 saturated carbocycles. The molecular formula is C21H32IN. The molecule has 1 nitrogen and oxygen atoms in total. The van der Waals surface area contributed by atoms with E-state index >= 15 is 0 Å². The average molecular weight is 425 g/mol. The molecule has 0 amide bonds. The van der Waals surface area contributed by atoms with E-state index < -0.39 is 0 Å². The van der Waals surface area contributed by atoms with Crippen LogP contribution in [0.1, 0.15) is 65.4 Å². The quantitative estimate of drug-likeness (QED) is 0.459. The minimum atomic E-state index is 0.451. The summed E-state index contributed by atoms with van der Waals surface area (Å²) in [5, 5.41) is 0. The second-order valence-corrected chi connectivity index (χ2v) is 8.95. The van der Waals surface area contributed by atoms with Gasteiger partial charge in [0.15, 0.2) is 0 Å². The van der Waals surface area contributed by atoms with Crippen molar-refractivity contribution in [2.75, 3.05) is 19.6 Å². The Hall–Kier alpha value is -0.350. The summed E-state index contributed by atoms with van der Waals surface area (Å²) < 4.78 is 1.32. The predicted octanol–water partition coefficient (Wildman–Crippen LogP) is 6.38. The number of nitrogens with zero attached hydrogens (tertiary/aromatic N) is 1. The monoisotopic (exact) mass is 425 g/mol. The molecule has 2 rings (SSSR count). The molecule has 0 aromatic heterocycles. The molecule has 0 spiro atoms. The van der Waals surface area contributed by atoms with Crippen LogP contribution < -0.4 is 0 Å². The van der Waals surface area contributed by atoms with E-state index in [2.05, 4.69) is 79.5 Å². The predicted molar refractivity (Wildman–Crippen MR) is 111 cm³/mol. The highest BCUT2D eigenvalue weighted by molar-refractivity contribution is 14.1. The van der Waals surface area contributed by atoms with Gasteiger partial charge in [-0.25, -0.2) is 0 Å². The Bertz CT molecular complexity index is 521. The van der Waals surface area contributed by atoms with Crippen LogP contribution >= 0.6 is 22.6 Å². The van der Waals surface area contributed by atoms with E-state index in [9.17, 15) is 0 Å². The van der Waals surface area contributed by atoms with E-state index in [1.165, 1.54) is 54.3 Å². The Kier molecular flexibility index (Phi) is 7.15. The van der Waals surface area contributed by atoms with E-state index in [1.807, 2.05) is 0 Å². The molecule has 1 aliphatic carbocycles. The van der Waals surface area contributed by atoms with Gasteiger partial charge in [-0.2, -0.15) is 0 Å². The molecule has 0 aliphatic heterocycles. The first-order valence-electron chi connectivity index (χ1n) is 9.14. The topological polar surface area (TPSA) is 3.24 Å². The zero-order valence-corrected chi connectivity index (χ0v) is 17.4. The molecule has 0 N–H and O–H groups in total. The molecule has 0 unspecified atom stereocenters. The number of hydrogen-bond donors (Lipinski definition) is 0. The highest BCUT2D eigenvalue weighted by Crippen LogP contribution is 2.42. The molecule has 2 heteroatoms.